The summed E-state index contributed by atoms with van der Waals surface area (Å²) in [6.07, 6.45) is 2.13. The SMILES string of the molecule is CCCCNC(=O)N1CCN(c2ccc(Oc3ccccc3)cc2)CC1. The number of nitrogens with one attached hydrogen (secondary N) is 1. The largest absolute Gasteiger partial charge is 0.457 e. The molecular weight excluding hydrogens is 326 g/mol. The third-order valence-corrected chi connectivity index (χ3v) is 4.55. The molecule has 1 heterocycles. The number of carbonyl (C=O) groups excluding carboxylic acids is 1. The molecule has 0 bridgehead atoms. The lowest BCUT2D eigenvalue weighted by molar-refractivity contribution is 0.194. The second kappa shape index (κ2) is 9.13. The number of benzene rings is 2. The van der Waals surface area contributed by atoms with Crippen LogP contribution in [-0.2, 0) is 0 Å². The van der Waals surface area contributed by atoms with Gasteiger partial charge >= 0.3 is 6.03 Å². The maximum Gasteiger partial charge on any atom is 0.317 e. The summed E-state index contributed by atoms with van der Waals surface area (Å²) in [4.78, 5) is 16.3. The molecule has 1 N–H and O–H groups in total. The molecule has 0 radical (unpaired) electrons. The number of hydrogen-bond donors (Lipinski definition) is 1. The Kier molecular flexibility index (Phi) is 6.36. The molecule has 0 aliphatic carbocycles. The first-order valence-electron chi connectivity index (χ1n) is 9.37. The number of urea groups is 1. The van der Waals surface area contributed by atoms with Crippen molar-refractivity contribution in [2.75, 3.05) is 37.6 Å². The summed E-state index contributed by atoms with van der Waals surface area (Å²) in [5.41, 5.74) is 1.16. The third-order valence-electron chi connectivity index (χ3n) is 4.55. The molecule has 5 heteroatoms. The van der Waals surface area contributed by atoms with Crippen molar-refractivity contribution in [2.24, 2.45) is 0 Å². The number of amides is 2. The van der Waals surface area contributed by atoms with E-state index in [1.54, 1.807) is 0 Å². The van der Waals surface area contributed by atoms with Gasteiger partial charge in [0.25, 0.3) is 0 Å². The number of ether oxygens (including phenoxy) is 1. The lowest BCUT2D eigenvalue weighted by atomic mass is 10.2. The molecule has 0 unspecified atom stereocenters. The Bertz CT molecular complexity index is 680. The van der Waals surface area contributed by atoms with E-state index in [0.717, 1.165) is 62.8 Å². The summed E-state index contributed by atoms with van der Waals surface area (Å²) in [7, 11) is 0. The predicted octanol–water partition coefficient (Wildman–Crippen LogP) is 4.11. The standard InChI is InChI=1S/C21H27N3O2/c1-2-3-13-22-21(25)24-16-14-23(15-17-24)18-9-11-20(12-10-18)26-19-7-5-4-6-8-19/h4-12H,2-3,13-17H2,1H3,(H,22,25). The second-order valence-corrected chi connectivity index (χ2v) is 6.47. The van der Waals surface area contributed by atoms with Gasteiger partial charge in [0.2, 0.25) is 0 Å². The molecule has 0 atom stereocenters. The van der Waals surface area contributed by atoms with Gasteiger partial charge in [0.1, 0.15) is 11.5 Å². The van der Waals surface area contributed by atoms with Crippen LogP contribution in [-0.4, -0.2) is 43.7 Å². The zero-order valence-corrected chi connectivity index (χ0v) is 15.4. The Hall–Kier alpha value is -2.69. The van der Waals surface area contributed by atoms with Crippen LogP contribution < -0.4 is 15.0 Å². The Morgan fingerprint density at radius 3 is 2.27 bits per heavy atom. The molecule has 2 amide bonds. The minimum Gasteiger partial charge on any atom is -0.457 e. The van der Waals surface area contributed by atoms with Crippen molar-refractivity contribution in [1.82, 2.24) is 10.2 Å². The molecular formula is C21H27N3O2. The average molecular weight is 353 g/mol. The molecule has 1 aliphatic heterocycles. The van der Waals surface area contributed by atoms with Gasteiger partial charge in [0, 0.05) is 38.4 Å². The number of nitrogens with zero attached hydrogens (tertiary/aromatic N) is 2. The van der Waals surface area contributed by atoms with E-state index in [9.17, 15) is 4.79 Å². The van der Waals surface area contributed by atoms with E-state index in [4.69, 9.17) is 4.74 Å². The van der Waals surface area contributed by atoms with Crippen LogP contribution in [0.4, 0.5) is 10.5 Å². The lowest BCUT2D eigenvalue weighted by Gasteiger charge is -2.36. The van der Waals surface area contributed by atoms with E-state index in [0.29, 0.717) is 0 Å². The highest BCUT2D eigenvalue weighted by Gasteiger charge is 2.20. The highest BCUT2D eigenvalue weighted by Crippen LogP contribution is 2.24. The van der Waals surface area contributed by atoms with Gasteiger partial charge in [-0.1, -0.05) is 31.5 Å². The fraction of sp³-hybridized carbons (Fsp3) is 0.381. The van der Waals surface area contributed by atoms with Gasteiger partial charge in [-0.2, -0.15) is 0 Å². The molecule has 26 heavy (non-hydrogen) atoms. The van der Waals surface area contributed by atoms with Crippen molar-refractivity contribution in [1.29, 1.82) is 0 Å². The summed E-state index contributed by atoms with van der Waals surface area (Å²) >= 11 is 0. The first-order valence-corrected chi connectivity index (χ1v) is 9.37. The van der Waals surface area contributed by atoms with E-state index in [1.807, 2.05) is 47.4 Å². The van der Waals surface area contributed by atoms with Crippen molar-refractivity contribution >= 4 is 11.7 Å². The van der Waals surface area contributed by atoms with Gasteiger partial charge < -0.3 is 19.9 Å². The predicted molar refractivity (Wildman–Crippen MR) is 105 cm³/mol. The van der Waals surface area contributed by atoms with E-state index in [1.165, 1.54) is 0 Å². The smallest absolute Gasteiger partial charge is 0.317 e. The number of piperazine rings is 1. The maximum atomic E-state index is 12.1. The molecule has 0 spiro atoms. The number of hydrogen-bond acceptors (Lipinski definition) is 3. The van der Waals surface area contributed by atoms with Gasteiger partial charge in [0.15, 0.2) is 0 Å². The quantitative estimate of drug-likeness (QED) is 0.795. The molecule has 5 nitrogen and oxygen atoms in total. The summed E-state index contributed by atoms with van der Waals surface area (Å²) in [5, 5.41) is 2.99. The zero-order chi connectivity index (χ0) is 18.2. The molecule has 1 saturated heterocycles. The number of carbonyl (C=O) groups is 1. The van der Waals surface area contributed by atoms with Gasteiger partial charge in [-0.05, 0) is 42.8 Å². The molecule has 2 aromatic rings. The van der Waals surface area contributed by atoms with Crippen LogP contribution in [0, 0.1) is 0 Å². The van der Waals surface area contributed by atoms with E-state index in [2.05, 4.69) is 29.3 Å². The Morgan fingerprint density at radius 1 is 0.962 bits per heavy atom. The number of unbranched alkanes of at least 4 members (excludes halogenated alkanes) is 1. The average Bonchev–Trinajstić information content (AvgIpc) is 2.70. The molecule has 138 valence electrons. The normalized spacial score (nSPS) is 14.2. The zero-order valence-electron chi connectivity index (χ0n) is 15.4. The molecule has 2 aromatic carbocycles. The van der Waals surface area contributed by atoms with Crippen molar-refractivity contribution < 1.29 is 9.53 Å². The third kappa shape index (κ3) is 4.91. The van der Waals surface area contributed by atoms with Crippen LogP contribution in [0.2, 0.25) is 0 Å². The first-order chi connectivity index (χ1) is 12.8. The summed E-state index contributed by atoms with van der Waals surface area (Å²) in [6, 6.07) is 18.0. The molecule has 0 aromatic heterocycles. The van der Waals surface area contributed by atoms with E-state index >= 15 is 0 Å². The minimum atomic E-state index is 0.0599. The van der Waals surface area contributed by atoms with Crippen LogP contribution in [0.5, 0.6) is 11.5 Å². The number of rotatable bonds is 6. The van der Waals surface area contributed by atoms with Crippen molar-refractivity contribution in [3.63, 3.8) is 0 Å². The van der Waals surface area contributed by atoms with Crippen LogP contribution in [0.15, 0.2) is 54.6 Å². The number of para-hydroxylation sites is 1. The van der Waals surface area contributed by atoms with Crippen LogP contribution in [0.1, 0.15) is 19.8 Å². The minimum absolute atomic E-state index is 0.0599. The van der Waals surface area contributed by atoms with Gasteiger partial charge in [-0.25, -0.2) is 4.79 Å². The summed E-state index contributed by atoms with van der Waals surface area (Å²) < 4.78 is 5.84. The Balaban J connectivity index is 1.49. The monoisotopic (exact) mass is 353 g/mol. The van der Waals surface area contributed by atoms with E-state index < -0.39 is 0 Å². The molecule has 3 rings (SSSR count). The van der Waals surface area contributed by atoms with Crippen molar-refractivity contribution in [3.05, 3.63) is 54.6 Å². The maximum absolute atomic E-state index is 12.1. The molecule has 1 aliphatic rings. The first kappa shape index (κ1) is 18.1. The van der Waals surface area contributed by atoms with Gasteiger partial charge in [-0.15, -0.1) is 0 Å². The molecule has 0 saturated carbocycles. The van der Waals surface area contributed by atoms with Crippen molar-refractivity contribution in [3.8, 4) is 11.5 Å². The Morgan fingerprint density at radius 2 is 1.62 bits per heavy atom. The van der Waals surface area contributed by atoms with Gasteiger partial charge in [-0.3, -0.25) is 0 Å². The van der Waals surface area contributed by atoms with Crippen LogP contribution in [0.25, 0.3) is 0 Å². The lowest BCUT2D eigenvalue weighted by Crippen LogP contribution is -2.52. The highest BCUT2D eigenvalue weighted by atomic mass is 16.5. The second-order valence-electron chi connectivity index (χ2n) is 6.47. The summed E-state index contributed by atoms with van der Waals surface area (Å²) in [5.74, 6) is 1.66. The summed E-state index contributed by atoms with van der Waals surface area (Å²) in [6.45, 7) is 6.08. The fourth-order valence-electron chi connectivity index (χ4n) is 3.00. The van der Waals surface area contributed by atoms with Crippen LogP contribution in [0.3, 0.4) is 0 Å². The Labute approximate surface area is 155 Å². The fourth-order valence-corrected chi connectivity index (χ4v) is 3.00. The number of anilines is 1. The highest BCUT2D eigenvalue weighted by molar-refractivity contribution is 5.74. The van der Waals surface area contributed by atoms with Gasteiger partial charge in [0.05, 0.1) is 0 Å². The van der Waals surface area contributed by atoms with Crippen LogP contribution >= 0.6 is 0 Å². The van der Waals surface area contributed by atoms with Crippen molar-refractivity contribution in [2.45, 2.75) is 19.8 Å². The topological polar surface area (TPSA) is 44.8 Å². The van der Waals surface area contributed by atoms with E-state index in [-0.39, 0.29) is 6.03 Å². The molecule has 1 fully saturated rings.